The quantitative estimate of drug-likeness (QED) is 0.815. The lowest BCUT2D eigenvalue weighted by Crippen LogP contribution is -2.58. The van der Waals surface area contributed by atoms with Crippen LogP contribution in [-0.2, 0) is 4.79 Å². The van der Waals surface area contributed by atoms with E-state index in [-0.39, 0.29) is 24.4 Å². The summed E-state index contributed by atoms with van der Waals surface area (Å²) in [4.78, 5) is 12.3. The zero-order valence-corrected chi connectivity index (χ0v) is 12.3. The monoisotopic (exact) mass is 284 g/mol. The highest BCUT2D eigenvalue weighted by Gasteiger charge is 2.48. The topological polar surface area (TPSA) is 41.1 Å². The molecule has 19 heavy (non-hydrogen) atoms. The molecule has 108 valence electrons. The lowest BCUT2D eigenvalue weighted by Gasteiger charge is -2.54. The molecule has 5 fully saturated rings. The lowest BCUT2D eigenvalue weighted by molar-refractivity contribution is -0.126. The van der Waals surface area contributed by atoms with Gasteiger partial charge in [0.2, 0.25) is 5.91 Å². The van der Waals surface area contributed by atoms with E-state index in [9.17, 15) is 4.79 Å². The molecule has 0 aromatic heterocycles. The third kappa shape index (κ3) is 2.40. The van der Waals surface area contributed by atoms with Crippen LogP contribution in [0.1, 0.15) is 44.9 Å². The fourth-order valence-electron chi connectivity index (χ4n) is 5.33. The number of nitrogens with one attached hydrogen (secondary N) is 2. The Balaban J connectivity index is 0.00000110. The van der Waals surface area contributed by atoms with Gasteiger partial charge in [-0.1, -0.05) is 0 Å². The Hall–Kier alpha value is -0.280. The molecule has 5 aliphatic rings. The highest BCUT2D eigenvalue weighted by Crippen LogP contribution is 2.53. The Morgan fingerprint density at radius 2 is 1.63 bits per heavy atom. The van der Waals surface area contributed by atoms with Crippen LogP contribution in [0.15, 0.2) is 0 Å². The number of amides is 1. The number of hydrogen-bond acceptors (Lipinski definition) is 2. The van der Waals surface area contributed by atoms with E-state index in [0.717, 1.165) is 43.1 Å². The molecule has 1 atom stereocenters. The number of hydrogen-bond donors (Lipinski definition) is 2. The van der Waals surface area contributed by atoms with E-state index in [1.807, 2.05) is 0 Å². The lowest BCUT2D eigenvalue weighted by atomic mass is 9.54. The number of carbonyl (C=O) groups excluding carboxylic acids is 1. The Morgan fingerprint density at radius 1 is 1.00 bits per heavy atom. The van der Waals surface area contributed by atoms with Gasteiger partial charge in [0.15, 0.2) is 0 Å². The molecule has 5 rings (SSSR count). The zero-order chi connectivity index (χ0) is 12.1. The molecule has 0 unspecified atom stereocenters. The van der Waals surface area contributed by atoms with E-state index in [2.05, 4.69) is 10.6 Å². The minimum absolute atomic E-state index is 0. The zero-order valence-electron chi connectivity index (χ0n) is 11.4. The van der Waals surface area contributed by atoms with Gasteiger partial charge in [0.05, 0.1) is 6.04 Å². The second-order valence-corrected chi connectivity index (χ2v) is 7.11. The van der Waals surface area contributed by atoms with Crippen molar-refractivity contribution < 1.29 is 4.79 Å². The number of carbonyl (C=O) groups is 1. The molecule has 4 heteroatoms. The highest BCUT2D eigenvalue weighted by atomic mass is 35.5. The van der Waals surface area contributed by atoms with Crippen molar-refractivity contribution in [3.8, 4) is 0 Å². The summed E-state index contributed by atoms with van der Waals surface area (Å²) in [6.07, 6.45) is 9.20. The molecule has 0 aromatic rings. The summed E-state index contributed by atoms with van der Waals surface area (Å²) in [6.45, 7) is 1.01. The average molecular weight is 285 g/mol. The maximum Gasteiger partial charge on any atom is 0.237 e. The van der Waals surface area contributed by atoms with E-state index in [4.69, 9.17) is 0 Å². The minimum atomic E-state index is 0. The van der Waals surface area contributed by atoms with Gasteiger partial charge in [-0.25, -0.2) is 0 Å². The van der Waals surface area contributed by atoms with Crippen LogP contribution >= 0.6 is 12.4 Å². The summed E-state index contributed by atoms with van der Waals surface area (Å²) in [6, 6.07) is 0.606. The van der Waals surface area contributed by atoms with Gasteiger partial charge in [0.1, 0.15) is 0 Å². The summed E-state index contributed by atoms with van der Waals surface area (Å²) < 4.78 is 0. The van der Waals surface area contributed by atoms with Gasteiger partial charge in [-0.05, 0) is 75.2 Å². The van der Waals surface area contributed by atoms with Crippen LogP contribution in [0.2, 0.25) is 0 Å². The van der Waals surface area contributed by atoms with Crippen molar-refractivity contribution in [2.75, 3.05) is 6.54 Å². The molecule has 1 saturated heterocycles. The van der Waals surface area contributed by atoms with Crippen LogP contribution in [0.3, 0.4) is 0 Å². The Labute approximate surface area is 121 Å². The van der Waals surface area contributed by atoms with Crippen molar-refractivity contribution in [2.24, 2.45) is 23.7 Å². The van der Waals surface area contributed by atoms with Crippen LogP contribution < -0.4 is 10.6 Å². The molecule has 0 aromatic carbocycles. The van der Waals surface area contributed by atoms with E-state index in [1.54, 1.807) is 0 Å². The van der Waals surface area contributed by atoms with Gasteiger partial charge in [0, 0.05) is 6.04 Å². The predicted molar refractivity (Wildman–Crippen MR) is 77.2 cm³/mol. The van der Waals surface area contributed by atoms with Crippen LogP contribution in [-0.4, -0.2) is 24.5 Å². The Morgan fingerprint density at radius 3 is 2.16 bits per heavy atom. The van der Waals surface area contributed by atoms with Crippen LogP contribution in [0.5, 0.6) is 0 Å². The van der Waals surface area contributed by atoms with E-state index in [1.165, 1.54) is 32.1 Å². The molecule has 4 saturated carbocycles. The molecule has 1 amide bonds. The van der Waals surface area contributed by atoms with Crippen molar-refractivity contribution in [3.05, 3.63) is 0 Å². The van der Waals surface area contributed by atoms with E-state index >= 15 is 0 Å². The molecule has 1 aliphatic heterocycles. The van der Waals surface area contributed by atoms with Crippen molar-refractivity contribution in [2.45, 2.75) is 57.0 Å². The maximum absolute atomic E-state index is 12.3. The second kappa shape index (κ2) is 5.25. The second-order valence-electron chi connectivity index (χ2n) is 7.11. The van der Waals surface area contributed by atoms with E-state index in [0.29, 0.717) is 6.04 Å². The smallest absolute Gasteiger partial charge is 0.237 e. The SMILES string of the molecule is Cl.O=C(NC1C2CC3CC(C2)CC1C3)[C@H]1CCCN1. The van der Waals surface area contributed by atoms with Crippen molar-refractivity contribution in [1.29, 1.82) is 0 Å². The van der Waals surface area contributed by atoms with E-state index < -0.39 is 0 Å². The van der Waals surface area contributed by atoms with Crippen LogP contribution in [0.25, 0.3) is 0 Å². The molecule has 2 N–H and O–H groups in total. The number of halogens is 1. The molecule has 4 bridgehead atoms. The third-order valence-corrected chi connectivity index (χ3v) is 5.91. The summed E-state index contributed by atoms with van der Waals surface area (Å²) in [5, 5.41) is 6.72. The average Bonchev–Trinajstić information content (AvgIpc) is 2.86. The maximum atomic E-state index is 12.3. The molecule has 0 radical (unpaired) electrons. The highest BCUT2D eigenvalue weighted by molar-refractivity contribution is 5.85. The largest absolute Gasteiger partial charge is 0.351 e. The first-order valence-electron chi connectivity index (χ1n) is 7.83. The normalized spacial score (nSPS) is 46.9. The van der Waals surface area contributed by atoms with Gasteiger partial charge < -0.3 is 10.6 Å². The molecule has 0 spiro atoms. The predicted octanol–water partition coefficient (Wildman–Crippen LogP) is 2.10. The first-order chi connectivity index (χ1) is 8.79. The van der Waals surface area contributed by atoms with Gasteiger partial charge >= 0.3 is 0 Å². The summed E-state index contributed by atoms with van der Waals surface area (Å²) in [5.74, 6) is 3.86. The standard InChI is InChI=1S/C15H24N2O.ClH/c18-15(13-2-1-3-16-13)17-14-11-5-9-4-10(7-11)8-12(14)6-9;/h9-14,16H,1-8H2,(H,17,18);1H/t9?,10?,11?,12?,13-,14?;/m1./s1. The number of rotatable bonds is 2. The van der Waals surface area contributed by atoms with Crippen molar-refractivity contribution in [3.63, 3.8) is 0 Å². The van der Waals surface area contributed by atoms with Gasteiger partial charge in [-0.2, -0.15) is 0 Å². The summed E-state index contributed by atoms with van der Waals surface area (Å²) in [7, 11) is 0. The van der Waals surface area contributed by atoms with Gasteiger partial charge in [-0.15, -0.1) is 12.4 Å². The first-order valence-corrected chi connectivity index (χ1v) is 7.83. The molecule has 1 heterocycles. The third-order valence-electron chi connectivity index (χ3n) is 5.91. The molecule has 3 nitrogen and oxygen atoms in total. The Bertz CT molecular complexity index is 326. The Kier molecular flexibility index (Phi) is 3.78. The fraction of sp³-hybridized carbons (Fsp3) is 0.933. The minimum Gasteiger partial charge on any atom is -0.351 e. The molecular weight excluding hydrogens is 260 g/mol. The van der Waals surface area contributed by atoms with Crippen LogP contribution in [0.4, 0.5) is 0 Å². The van der Waals surface area contributed by atoms with Gasteiger partial charge in [0.25, 0.3) is 0 Å². The summed E-state index contributed by atoms with van der Waals surface area (Å²) >= 11 is 0. The molecular formula is C15H25ClN2O. The van der Waals surface area contributed by atoms with Crippen LogP contribution in [0, 0.1) is 23.7 Å². The molecule has 4 aliphatic carbocycles. The fourth-order valence-corrected chi connectivity index (χ4v) is 5.33. The first kappa shape index (κ1) is 13.7. The van der Waals surface area contributed by atoms with Gasteiger partial charge in [-0.3, -0.25) is 4.79 Å². The van der Waals surface area contributed by atoms with Crippen molar-refractivity contribution in [1.82, 2.24) is 10.6 Å². The van der Waals surface area contributed by atoms with Crippen molar-refractivity contribution >= 4 is 18.3 Å². The summed E-state index contributed by atoms with van der Waals surface area (Å²) in [5.41, 5.74) is 0.